The van der Waals surface area contributed by atoms with Crippen molar-refractivity contribution in [2.24, 2.45) is 10.7 Å². The third-order valence-corrected chi connectivity index (χ3v) is 4.24. The molecule has 1 amide bonds. The maximum atomic E-state index is 12.7. The summed E-state index contributed by atoms with van der Waals surface area (Å²) in [5, 5.41) is 0. The lowest BCUT2D eigenvalue weighted by atomic mass is 9.88. The zero-order valence-electron chi connectivity index (χ0n) is 14.0. The Morgan fingerprint density at radius 1 is 1.25 bits per heavy atom. The minimum Gasteiger partial charge on any atom is -0.495 e. The number of aromatic nitrogens is 1. The fourth-order valence-electron chi connectivity index (χ4n) is 2.93. The van der Waals surface area contributed by atoms with Crippen LogP contribution in [-0.4, -0.2) is 42.3 Å². The first-order valence-electron chi connectivity index (χ1n) is 7.64. The normalized spacial score (nSPS) is 20.7. The minimum absolute atomic E-state index is 0.0717. The number of benzene rings is 1. The van der Waals surface area contributed by atoms with Gasteiger partial charge in [0.25, 0.3) is 5.91 Å². The number of nitrogens with two attached hydrogens (primary N) is 1. The van der Waals surface area contributed by atoms with Crippen molar-refractivity contribution in [2.45, 2.75) is 12.5 Å². The molecule has 3 rings (SSSR count). The predicted molar refractivity (Wildman–Crippen MR) is 92.8 cm³/mol. The van der Waals surface area contributed by atoms with Crippen LogP contribution in [0.1, 0.15) is 12.5 Å². The van der Waals surface area contributed by atoms with Gasteiger partial charge >= 0.3 is 0 Å². The topological polar surface area (TPSA) is 80.8 Å². The predicted octanol–water partition coefficient (Wildman–Crippen LogP) is 1.80. The number of amidine groups is 1. The third-order valence-electron chi connectivity index (χ3n) is 4.24. The van der Waals surface area contributed by atoms with Gasteiger partial charge in [0.05, 0.1) is 19.9 Å². The molecule has 0 spiro atoms. The number of likely N-dealkylation sites (N-methyl/N-ethyl adjacent to an activating group) is 1. The van der Waals surface area contributed by atoms with Gasteiger partial charge in [0, 0.05) is 18.8 Å². The first-order chi connectivity index (χ1) is 11.4. The molecule has 2 aromatic rings. The summed E-state index contributed by atoms with van der Waals surface area (Å²) in [5.74, 6) is 1.06. The van der Waals surface area contributed by atoms with E-state index in [4.69, 9.17) is 10.5 Å². The van der Waals surface area contributed by atoms with Gasteiger partial charge in [0.15, 0.2) is 5.54 Å². The van der Waals surface area contributed by atoms with Crippen molar-refractivity contribution < 1.29 is 9.53 Å². The van der Waals surface area contributed by atoms with E-state index in [1.54, 1.807) is 38.4 Å². The highest BCUT2D eigenvalue weighted by molar-refractivity contribution is 5.98. The van der Waals surface area contributed by atoms with Gasteiger partial charge in [-0.1, -0.05) is 18.2 Å². The second kappa shape index (κ2) is 5.96. The Bertz CT molecular complexity index is 818. The first kappa shape index (κ1) is 16.0. The summed E-state index contributed by atoms with van der Waals surface area (Å²) in [4.78, 5) is 22.9. The van der Waals surface area contributed by atoms with E-state index in [2.05, 4.69) is 9.98 Å². The van der Waals surface area contributed by atoms with Crippen molar-refractivity contribution in [3.8, 4) is 16.9 Å². The Kier molecular flexibility index (Phi) is 3.97. The van der Waals surface area contributed by atoms with E-state index in [-0.39, 0.29) is 5.91 Å². The van der Waals surface area contributed by atoms with E-state index < -0.39 is 5.54 Å². The van der Waals surface area contributed by atoms with E-state index >= 15 is 0 Å². The number of carbonyl (C=O) groups is 1. The van der Waals surface area contributed by atoms with Crippen LogP contribution in [0.5, 0.6) is 5.75 Å². The fraction of sp³-hybridized carbons (Fsp3) is 0.278. The summed E-state index contributed by atoms with van der Waals surface area (Å²) < 4.78 is 5.23. The lowest BCUT2D eigenvalue weighted by molar-refractivity contribution is -0.135. The molecule has 0 radical (unpaired) electrons. The van der Waals surface area contributed by atoms with Crippen molar-refractivity contribution in [1.82, 2.24) is 9.88 Å². The number of nitrogens with zero attached hydrogens (tertiary/aromatic N) is 3. The van der Waals surface area contributed by atoms with Gasteiger partial charge in [-0.15, -0.1) is 0 Å². The lowest BCUT2D eigenvalue weighted by Crippen LogP contribution is -2.51. The Labute approximate surface area is 141 Å². The summed E-state index contributed by atoms with van der Waals surface area (Å²) in [5.41, 5.74) is 7.55. The summed E-state index contributed by atoms with van der Waals surface area (Å²) in [6.07, 6.45) is 3.41. The summed E-state index contributed by atoms with van der Waals surface area (Å²) in [6, 6.07) is 9.62. The van der Waals surface area contributed by atoms with Crippen LogP contribution >= 0.6 is 0 Å². The Hall–Kier alpha value is -2.89. The highest BCUT2D eigenvalue weighted by Gasteiger charge is 2.40. The Morgan fingerprint density at radius 2 is 2.04 bits per heavy atom. The zero-order valence-corrected chi connectivity index (χ0v) is 14.0. The molecule has 1 aliphatic heterocycles. The molecule has 1 atom stereocenters. The molecule has 0 bridgehead atoms. The number of rotatable bonds is 3. The largest absolute Gasteiger partial charge is 0.495 e. The molecular weight excluding hydrogens is 304 g/mol. The van der Waals surface area contributed by atoms with Crippen LogP contribution in [0.25, 0.3) is 11.1 Å². The lowest BCUT2D eigenvalue weighted by Gasteiger charge is -2.34. The molecule has 1 unspecified atom stereocenters. The second-order valence-corrected chi connectivity index (χ2v) is 6.03. The quantitative estimate of drug-likeness (QED) is 0.933. The number of methoxy groups -OCH3 is 1. The molecule has 6 heteroatoms. The highest BCUT2D eigenvalue weighted by Crippen LogP contribution is 2.33. The van der Waals surface area contributed by atoms with E-state index in [1.807, 2.05) is 30.3 Å². The van der Waals surface area contributed by atoms with E-state index in [1.165, 1.54) is 0 Å². The molecule has 1 aromatic carbocycles. The van der Waals surface area contributed by atoms with Crippen LogP contribution in [-0.2, 0) is 10.3 Å². The average molecular weight is 324 g/mol. The summed E-state index contributed by atoms with van der Waals surface area (Å²) in [7, 11) is 3.34. The maximum absolute atomic E-state index is 12.7. The van der Waals surface area contributed by atoms with Crippen LogP contribution < -0.4 is 10.5 Å². The van der Waals surface area contributed by atoms with E-state index in [9.17, 15) is 4.79 Å². The van der Waals surface area contributed by atoms with Crippen molar-refractivity contribution in [3.63, 3.8) is 0 Å². The van der Waals surface area contributed by atoms with Crippen LogP contribution in [0.15, 0.2) is 47.7 Å². The molecule has 124 valence electrons. The van der Waals surface area contributed by atoms with E-state index in [0.717, 1.165) is 16.7 Å². The summed E-state index contributed by atoms with van der Waals surface area (Å²) in [6.45, 7) is 2.15. The van der Waals surface area contributed by atoms with Crippen LogP contribution in [0, 0.1) is 0 Å². The SMILES string of the molecule is COc1cncc(-c2cccc(C3(C)N=C(N)CN(C)C3=O)c2)c1. The average Bonchev–Trinajstić information content (AvgIpc) is 2.59. The van der Waals surface area contributed by atoms with Crippen LogP contribution in [0.4, 0.5) is 0 Å². The molecule has 24 heavy (non-hydrogen) atoms. The smallest absolute Gasteiger partial charge is 0.255 e. The van der Waals surface area contributed by atoms with Crippen molar-refractivity contribution in [2.75, 3.05) is 20.7 Å². The molecule has 0 saturated heterocycles. The zero-order chi connectivity index (χ0) is 17.3. The van der Waals surface area contributed by atoms with Gasteiger partial charge in [-0.25, -0.2) is 4.99 Å². The molecular formula is C18H20N4O2. The number of carbonyl (C=O) groups excluding carboxylic acids is 1. The van der Waals surface area contributed by atoms with Crippen molar-refractivity contribution in [3.05, 3.63) is 48.3 Å². The molecule has 0 saturated carbocycles. The van der Waals surface area contributed by atoms with Crippen molar-refractivity contribution in [1.29, 1.82) is 0 Å². The van der Waals surface area contributed by atoms with Gasteiger partial charge < -0.3 is 15.4 Å². The molecule has 2 N–H and O–H groups in total. The highest BCUT2D eigenvalue weighted by atomic mass is 16.5. The molecule has 0 aliphatic carbocycles. The molecule has 1 aromatic heterocycles. The molecule has 0 fully saturated rings. The second-order valence-electron chi connectivity index (χ2n) is 6.03. The van der Waals surface area contributed by atoms with Gasteiger partial charge in [0.2, 0.25) is 0 Å². The number of hydrogen-bond acceptors (Lipinski definition) is 5. The number of hydrogen-bond donors (Lipinski definition) is 1. The van der Waals surface area contributed by atoms with E-state index in [0.29, 0.717) is 18.1 Å². The number of amides is 1. The minimum atomic E-state index is -1.01. The molecule has 6 nitrogen and oxygen atoms in total. The number of ether oxygens (including phenoxy) is 1. The van der Waals surface area contributed by atoms with Crippen LogP contribution in [0.2, 0.25) is 0 Å². The monoisotopic (exact) mass is 324 g/mol. The van der Waals surface area contributed by atoms with Crippen molar-refractivity contribution >= 4 is 11.7 Å². The van der Waals surface area contributed by atoms with Gasteiger partial charge in [-0.2, -0.15) is 0 Å². The Balaban J connectivity index is 2.07. The third kappa shape index (κ3) is 2.71. The molecule has 1 aliphatic rings. The molecule has 2 heterocycles. The van der Waals surface area contributed by atoms with Gasteiger partial charge in [0.1, 0.15) is 11.6 Å². The number of aliphatic imine (C=N–C) groups is 1. The maximum Gasteiger partial charge on any atom is 0.255 e. The Morgan fingerprint density at radius 3 is 2.79 bits per heavy atom. The first-order valence-corrected chi connectivity index (χ1v) is 7.64. The number of pyridine rings is 1. The van der Waals surface area contributed by atoms with Gasteiger partial charge in [-0.3, -0.25) is 9.78 Å². The standard InChI is InChI=1S/C18H20N4O2/c1-18(17(23)22(2)11-16(19)21-18)14-6-4-5-12(7-14)13-8-15(24-3)10-20-9-13/h4-10H,11H2,1-3H3,(H2,19,21). The summed E-state index contributed by atoms with van der Waals surface area (Å²) >= 11 is 0. The van der Waals surface area contributed by atoms with Gasteiger partial charge in [-0.05, 0) is 30.2 Å². The fourth-order valence-corrected chi connectivity index (χ4v) is 2.93. The van der Waals surface area contributed by atoms with Crippen LogP contribution in [0.3, 0.4) is 0 Å².